The molecule has 2 atom stereocenters. The van der Waals surface area contributed by atoms with Crippen LogP contribution >= 0.6 is 0 Å². The lowest BCUT2D eigenvalue weighted by molar-refractivity contribution is 0.0821. The molecule has 0 aliphatic heterocycles. The number of alkyl halides is 2. The molecule has 24 heavy (non-hydrogen) atoms. The van der Waals surface area contributed by atoms with Gasteiger partial charge in [-0.3, -0.25) is 0 Å². The molecule has 0 heterocycles. The van der Waals surface area contributed by atoms with Gasteiger partial charge in [-0.15, -0.1) is 0 Å². The van der Waals surface area contributed by atoms with Crippen molar-refractivity contribution < 1.29 is 27.8 Å². The van der Waals surface area contributed by atoms with Crippen molar-refractivity contribution in [3.8, 4) is 5.75 Å². The number of ether oxygens (including phenoxy) is 1. The molecule has 2 amide bonds. The van der Waals surface area contributed by atoms with Gasteiger partial charge in [-0.1, -0.05) is 12.8 Å². The summed E-state index contributed by atoms with van der Waals surface area (Å²) >= 11 is 0. The third kappa shape index (κ3) is 5.30. The number of hydrogen-bond acceptors (Lipinski definition) is 3. The number of benzene rings is 1. The molecule has 2 unspecified atom stereocenters. The zero-order valence-electron chi connectivity index (χ0n) is 13.1. The summed E-state index contributed by atoms with van der Waals surface area (Å²) in [5, 5.41) is 14.6. The summed E-state index contributed by atoms with van der Waals surface area (Å²) in [5.74, 6) is -0.821. The summed E-state index contributed by atoms with van der Waals surface area (Å²) in [4.78, 5) is 12.1. The molecule has 8 heteroatoms. The highest BCUT2D eigenvalue weighted by molar-refractivity contribution is 5.91. The Bertz CT molecular complexity index is 557. The Labute approximate surface area is 138 Å². The number of carbonyl (C=O) groups excluding carboxylic acids is 1. The highest BCUT2D eigenvalue weighted by atomic mass is 19.3. The number of rotatable bonds is 6. The van der Waals surface area contributed by atoms with Gasteiger partial charge < -0.3 is 20.5 Å². The molecule has 0 spiro atoms. The number of amides is 2. The van der Waals surface area contributed by atoms with Gasteiger partial charge in [-0.05, 0) is 25.0 Å². The van der Waals surface area contributed by atoms with Crippen LogP contribution in [-0.2, 0) is 0 Å². The van der Waals surface area contributed by atoms with Crippen molar-refractivity contribution in [3.05, 3.63) is 24.0 Å². The molecule has 0 saturated heterocycles. The van der Waals surface area contributed by atoms with Crippen LogP contribution in [0, 0.1) is 11.7 Å². The molecule has 1 aliphatic rings. The SMILES string of the molecule is O=C(Nc1ccc(F)cc1OCC(F)F)NC1CCCCC1CO. The van der Waals surface area contributed by atoms with E-state index in [0.717, 1.165) is 37.8 Å². The average Bonchev–Trinajstić information content (AvgIpc) is 2.55. The van der Waals surface area contributed by atoms with Crippen LogP contribution in [0.2, 0.25) is 0 Å². The molecule has 0 aromatic heterocycles. The normalized spacial score (nSPS) is 20.7. The largest absolute Gasteiger partial charge is 0.485 e. The average molecular weight is 346 g/mol. The van der Waals surface area contributed by atoms with E-state index in [9.17, 15) is 23.1 Å². The molecule has 0 bridgehead atoms. The molecule has 1 aliphatic carbocycles. The van der Waals surface area contributed by atoms with E-state index >= 15 is 0 Å². The molecular weight excluding hydrogens is 325 g/mol. The quantitative estimate of drug-likeness (QED) is 0.741. The molecule has 3 N–H and O–H groups in total. The van der Waals surface area contributed by atoms with Crippen LogP contribution in [0.3, 0.4) is 0 Å². The second kappa shape index (κ2) is 8.77. The van der Waals surface area contributed by atoms with Crippen LogP contribution in [-0.4, -0.2) is 36.8 Å². The van der Waals surface area contributed by atoms with Crippen LogP contribution in [0.4, 0.5) is 23.7 Å². The standard InChI is InChI=1S/C16H21F3N2O3/c17-11-5-6-13(14(7-11)24-9-15(18)19)21-16(23)20-12-4-2-1-3-10(12)8-22/h5-7,10,12,15,22H,1-4,8-9H2,(H2,20,21,23). The van der Waals surface area contributed by atoms with E-state index in [1.807, 2.05) is 0 Å². The van der Waals surface area contributed by atoms with E-state index in [1.54, 1.807) is 0 Å². The monoisotopic (exact) mass is 346 g/mol. The minimum absolute atomic E-state index is 0.00716. The Morgan fingerprint density at radius 2 is 2.08 bits per heavy atom. The Morgan fingerprint density at radius 1 is 1.33 bits per heavy atom. The second-order valence-electron chi connectivity index (χ2n) is 5.77. The van der Waals surface area contributed by atoms with Crippen LogP contribution < -0.4 is 15.4 Å². The lowest BCUT2D eigenvalue weighted by atomic mass is 9.85. The summed E-state index contributed by atoms with van der Waals surface area (Å²) in [7, 11) is 0. The van der Waals surface area contributed by atoms with E-state index in [-0.39, 0.29) is 30.0 Å². The first-order chi connectivity index (χ1) is 11.5. The van der Waals surface area contributed by atoms with Crippen LogP contribution in [0.1, 0.15) is 25.7 Å². The molecule has 1 saturated carbocycles. The number of halogens is 3. The first-order valence-electron chi connectivity index (χ1n) is 7.88. The predicted molar refractivity (Wildman–Crippen MR) is 82.9 cm³/mol. The topological polar surface area (TPSA) is 70.6 Å². The van der Waals surface area contributed by atoms with E-state index < -0.39 is 24.9 Å². The minimum Gasteiger partial charge on any atom is -0.485 e. The zero-order valence-corrected chi connectivity index (χ0v) is 13.1. The number of nitrogens with one attached hydrogen (secondary N) is 2. The van der Waals surface area contributed by atoms with Crippen LogP contribution in [0.25, 0.3) is 0 Å². The van der Waals surface area contributed by atoms with Crippen molar-refractivity contribution in [2.24, 2.45) is 5.92 Å². The van der Waals surface area contributed by atoms with Gasteiger partial charge in [0.1, 0.15) is 18.2 Å². The van der Waals surface area contributed by atoms with Crippen LogP contribution in [0.5, 0.6) is 5.75 Å². The fourth-order valence-electron chi connectivity index (χ4n) is 2.81. The highest BCUT2D eigenvalue weighted by Crippen LogP contribution is 2.27. The van der Waals surface area contributed by atoms with E-state index in [1.165, 1.54) is 6.07 Å². The lowest BCUT2D eigenvalue weighted by Crippen LogP contribution is -2.45. The highest BCUT2D eigenvalue weighted by Gasteiger charge is 2.26. The maximum Gasteiger partial charge on any atom is 0.319 e. The lowest BCUT2D eigenvalue weighted by Gasteiger charge is -2.30. The molecular formula is C16H21F3N2O3. The van der Waals surface area contributed by atoms with Crippen molar-refractivity contribution >= 4 is 11.7 Å². The van der Waals surface area contributed by atoms with Gasteiger partial charge in [-0.2, -0.15) is 0 Å². The van der Waals surface area contributed by atoms with Gasteiger partial charge in [0.2, 0.25) is 0 Å². The number of carbonyl (C=O) groups is 1. The third-order valence-corrected chi connectivity index (χ3v) is 4.02. The van der Waals surface area contributed by atoms with E-state index in [0.29, 0.717) is 0 Å². The predicted octanol–water partition coefficient (Wildman–Crippen LogP) is 3.14. The summed E-state index contributed by atoms with van der Waals surface area (Å²) in [6.45, 7) is -0.904. The number of aliphatic hydroxyl groups is 1. The number of anilines is 1. The molecule has 2 rings (SSSR count). The van der Waals surface area contributed by atoms with Gasteiger partial charge in [-0.25, -0.2) is 18.0 Å². The Balaban J connectivity index is 1.99. The van der Waals surface area contributed by atoms with Crippen molar-refractivity contribution in [1.82, 2.24) is 5.32 Å². The Hall–Kier alpha value is -1.96. The Morgan fingerprint density at radius 3 is 2.79 bits per heavy atom. The third-order valence-electron chi connectivity index (χ3n) is 4.02. The number of aliphatic hydroxyl groups excluding tert-OH is 1. The smallest absolute Gasteiger partial charge is 0.319 e. The summed E-state index contributed by atoms with van der Waals surface area (Å²) < 4.78 is 42.6. The summed E-state index contributed by atoms with van der Waals surface area (Å²) in [5.41, 5.74) is 0.103. The summed E-state index contributed by atoms with van der Waals surface area (Å²) in [6, 6.07) is 2.58. The molecule has 0 radical (unpaired) electrons. The first-order valence-corrected chi connectivity index (χ1v) is 7.88. The number of hydrogen-bond donors (Lipinski definition) is 3. The molecule has 1 aromatic rings. The minimum atomic E-state index is -2.71. The van der Waals surface area contributed by atoms with E-state index in [4.69, 9.17) is 4.74 Å². The molecule has 5 nitrogen and oxygen atoms in total. The van der Waals surface area contributed by atoms with Crippen molar-refractivity contribution in [3.63, 3.8) is 0 Å². The molecule has 1 aromatic carbocycles. The maximum atomic E-state index is 13.3. The fraction of sp³-hybridized carbons (Fsp3) is 0.562. The van der Waals surface area contributed by atoms with E-state index in [2.05, 4.69) is 10.6 Å². The Kier molecular flexibility index (Phi) is 6.72. The van der Waals surface area contributed by atoms with Gasteiger partial charge in [0.25, 0.3) is 6.43 Å². The number of urea groups is 1. The molecule has 1 fully saturated rings. The summed E-state index contributed by atoms with van der Waals surface area (Å²) in [6.07, 6.45) is 0.856. The first kappa shape index (κ1) is 18.4. The van der Waals surface area contributed by atoms with Crippen molar-refractivity contribution in [2.75, 3.05) is 18.5 Å². The maximum absolute atomic E-state index is 13.3. The second-order valence-corrected chi connectivity index (χ2v) is 5.77. The van der Waals surface area contributed by atoms with Crippen LogP contribution in [0.15, 0.2) is 18.2 Å². The van der Waals surface area contributed by atoms with Gasteiger partial charge in [0.15, 0.2) is 0 Å². The van der Waals surface area contributed by atoms with Crippen molar-refractivity contribution in [2.45, 2.75) is 38.2 Å². The van der Waals surface area contributed by atoms with Gasteiger partial charge in [0, 0.05) is 24.6 Å². The zero-order chi connectivity index (χ0) is 17.5. The van der Waals surface area contributed by atoms with Gasteiger partial charge >= 0.3 is 6.03 Å². The molecule has 134 valence electrons. The van der Waals surface area contributed by atoms with Crippen molar-refractivity contribution in [1.29, 1.82) is 0 Å². The fourth-order valence-corrected chi connectivity index (χ4v) is 2.81. The van der Waals surface area contributed by atoms with Gasteiger partial charge in [0.05, 0.1) is 5.69 Å².